The number of fused-ring (bicyclic) bond motifs is 4. The lowest BCUT2D eigenvalue weighted by Gasteiger charge is -2.34. The van der Waals surface area contributed by atoms with Crippen LogP contribution in [-0.4, -0.2) is 8.42 Å². The predicted molar refractivity (Wildman–Crippen MR) is 326 cm³/mol. The molecule has 79 heavy (non-hydrogen) atoms. The van der Waals surface area contributed by atoms with Gasteiger partial charge in [-0.05, 0) is 116 Å². The van der Waals surface area contributed by atoms with Gasteiger partial charge in [0.05, 0.1) is 0 Å². The van der Waals surface area contributed by atoms with E-state index in [2.05, 4.69) is 69.2 Å². The summed E-state index contributed by atoms with van der Waals surface area (Å²) < 4.78 is 74.6. The van der Waals surface area contributed by atoms with Crippen molar-refractivity contribution in [2.24, 2.45) is 10.8 Å². The van der Waals surface area contributed by atoms with Gasteiger partial charge in [0.25, 0.3) is 0 Å². The van der Waals surface area contributed by atoms with Gasteiger partial charge in [0, 0.05) is 21.5 Å². The van der Waals surface area contributed by atoms with Gasteiger partial charge in [-0.25, -0.2) is 8.42 Å². The highest BCUT2D eigenvalue weighted by Crippen LogP contribution is 2.52. The molecule has 0 aliphatic carbocycles. The molecule has 404 valence electrons. The largest absolute Gasteiger partial charge is 0.530 e. The van der Waals surface area contributed by atoms with Crippen molar-refractivity contribution in [2.75, 3.05) is 0 Å². The molecule has 10 aromatic rings. The smallest absolute Gasteiger partial charge is 0.408 e. The molecular weight excluding hydrogens is 1040 g/mol. The van der Waals surface area contributed by atoms with E-state index in [1.807, 2.05) is 182 Å². The molecule has 0 saturated heterocycles. The second kappa shape index (κ2) is 22.2. The summed E-state index contributed by atoms with van der Waals surface area (Å²) in [5.41, 5.74) is 0.486. The van der Waals surface area contributed by atoms with E-state index >= 15 is 8.42 Å². The molecule has 0 bridgehead atoms. The molecule has 10 rings (SSSR count). The number of sulfone groups is 1. The van der Waals surface area contributed by atoms with Gasteiger partial charge in [0.1, 0.15) is 44.3 Å². The van der Waals surface area contributed by atoms with E-state index in [4.69, 9.17) is 27.1 Å². The second-order valence-electron chi connectivity index (χ2n) is 24.0. The second-order valence-corrected chi connectivity index (χ2v) is 27.8. The van der Waals surface area contributed by atoms with Crippen molar-refractivity contribution in [1.82, 2.24) is 0 Å². The molecule has 0 aliphatic rings. The topological polar surface area (TPSA) is 89.5 Å². The van der Waals surface area contributed by atoms with E-state index in [-0.39, 0.29) is 32.1 Å². The summed E-state index contributed by atoms with van der Waals surface area (Å²) in [5, 5.41) is 7.24. The fourth-order valence-corrected chi connectivity index (χ4v) is 14.9. The maximum Gasteiger partial charge on any atom is 0.530 e. The van der Waals surface area contributed by atoms with Crippen LogP contribution in [0.1, 0.15) is 93.2 Å². The van der Waals surface area contributed by atoms with Crippen LogP contribution in [0, 0.1) is 10.8 Å². The van der Waals surface area contributed by atoms with Gasteiger partial charge >= 0.3 is 17.2 Å². The third-order valence-electron chi connectivity index (χ3n) is 14.0. The van der Waals surface area contributed by atoms with Crippen LogP contribution in [0.4, 0.5) is 0 Å². The Morgan fingerprint density at radius 1 is 0.316 bits per heavy atom. The van der Waals surface area contributed by atoms with Gasteiger partial charge in [-0.15, -0.1) is 0 Å². The maximum absolute atomic E-state index is 16.6. The summed E-state index contributed by atoms with van der Waals surface area (Å²) in [5.74, 6) is 2.18. The van der Waals surface area contributed by atoms with E-state index in [0.29, 0.717) is 23.0 Å². The van der Waals surface area contributed by atoms with Crippen LogP contribution in [0.3, 0.4) is 0 Å². The zero-order valence-corrected chi connectivity index (χ0v) is 49.2. The van der Waals surface area contributed by atoms with E-state index in [0.717, 1.165) is 67.1 Å². The average Bonchev–Trinajstić information content (AvgIpc) is 3.50. The van der Waals surface area contributed by atoms with Crippen LogP contribution >= 0.6 is 17.2 Å². The third-order valence-corrected chi connectivity index (χ3v) is 17.9. The molecule has 0 unspecified atom stereocenters. The van der Waals surface area contributed by atoms with Crippen LogP contribution in [-0.2, 0) is 20.7 Å². The molecule has 0 aromatic heterocycles. The van der Waals surface area contributed by atoms with Crippen LogP contribution in [0.2, 0.25) is 0 Å². The van der Waals surface area contributed by atoms with Crippen LogP contribution in [0.5, 0.6) is 34.5 Å². The lowest BCUT2D eigenvalue weighted by Crippen LogP contribution is -2.25. The first-order valence-electron chi connectivity index (χ1n) is 26.7. The van der Waals surface area contributed by atoms with Crippen molar-refractivity contribution < 1.29 is 35.6 Å². The molecular formula is C68H68O8P2S. The highest BCUT2D eigenvalue weighted by Gasteiger charge is 2.37. The predicted octanol–water partition coefficient (Wildman–Crippen LogP) is 20.1. The molecule has 0 amide bonds. The quantitative estimate of drug-likeness (QED) is 0.0785. The van der Waals surface area contributed by atoms with Gasteiger partial charge in [-0.3, -0.25) is 0 Å². The molecule has 0 spiro atoms. The van der Waals surface area contributed by atoms with Gasteiger partial charge in [0.2, 0.25) is 9.84 Å². The monoisotopic (exact) mass is 1110 g/mol. The van der Waals surface area contributed by atoms with E-state index in [9.17, 15) is 0 Å². The van der Waals surface area contributed by atoms with Crippen molar-refractivity contribution in [2.45, 2.75) is 103 Å². The molecule has 8 nitrogen and oxygen atoms in total. The van der Waals surface area contributed by atoms with Gasteiger partial charge in [-0.2, -0.15) is 0 Å². The van der Waals surface area contributed by atoms with Gasteiger partial charge in [0.15, 0.2) is 0 Å². The van der Waals surface area contributed by atoms with E-state index in [1.165, 1.54) is 0 Å². The zero-order valence-electron chi connectivity index (χ0n) is 46.6. The molecule has 0 heterocycles. The lowest BCUT2D eigenvalue weighted by molar-refractivity contribution is 0.283. The Labute approximate surface area is 468 Å². The molecule has 0 saturated carbocycles. The summed E-state index contributed by atoms with van der Waals surface area (Å²) >= 11 is 0. The van der Waals surface area contributed by atoms with E-state index in [1.54, 1.807) is 24.3 Å². The van der Waals surface area contributed by atoms with Crippen LogP contribution in [0.25, 0.3) is 43.1 Å². The van der Waals surface area contributed by atoms with Crippen LogP contribution < -0.4 is 27.1 Å². The highest BCUT2D eigenvalue weighted by atomic mass is 32.2. The summed E-state index contributed by atoms with van der Waals surface area (Å²) in [4.78, 5) is -0.153. The molecule has 0 N–H and O–H groups in total. The Hall–Kier alpha value is -7.15. The SMILES string of the molecule is CC(C)(C)CC(C)(C)c1ccc(OP(Oc2cccc3ccccc23)Oc2cccc3ccccc23)c(S(=O)(=O)c2cc(C(C)(C)CC(C)(C)C)ccc2OP(Oc2cccc3ccccc23)Oc2cccc3ccccc23)c1. The fourth-order valence-electron chi connectivity index (χ4n) is 11.1. The molecule has 0 atom stereocenters. The van der Waals surface area contributed by atoms with Crippen molar-refractivity contribution >= 4 is 70.1 Å². The molecule has 0 aliphatic heterocycles. The molecule has 11 heteroatoms. The Bertz CT molecular complexity index is 3520. The van der Waals surface area contributed by atoms with E-state index < -0.39 is 37.9 Å². The summed E-state index contributed by atoms with van der Waals surface area (Å²) in [7, 11) is -9.44. The van der Waals surface area contributed by atoms with Gasteiger partial charge < -0.3 is 27.1 Å². The van der Waals surface area contributed by atoms with Crippen molar-refractivity contribution in [1.29, 1.82) is 0 Å². The Kier molecular flexibility index (Phi) is 15.5. The van der Waals surface area contributed by atoms with Gasteiger partial charge in [-0.1, -0.05) is 227 Å². The normalized spacial score (nSPS) is 12.6. The molecule has 0 radical (unpaired) electrons. The summed E-state index contributed by atoms with van der Waals surface area (Å²) in [6.07, 6.45) is 1.51. The highest BCUT2D eigenvalue weighted by molar-refractivity contribution is 7.91. The third kappa shape index (κ3) is 12.7. The fraction of sp³-hybridized carbons (Fsp3) is 0.235. The Balaban J connectivity index is 1.16. The average molecular weight is 1110 g/mol. The molecule has 0 fully saturated rings. The van der Waals surface area contributed by atoms with Crippen molar-refractivity contribution in [3.63, 3.8) is 0 Å². The lowest BCUT2D eigenvalue weighted by atomic mass is 9.72. The standard InChI is InChI=1S/C68H68O8P2S/c1-65(2,3)45-67(7,8)51-39-41-61(75-77(71-57-35-19-27-47-23-11-15-31-53(47)57)72-58-36-20-28-48-24-12-16-32-54(48)58)63(43-51)79(69,70)64-44-52(68(9,10)46-66(4,5)6)40-42-62(64)76-78(73-59-37-21-29-49-25-13-17-33-55(49)59)74-60-38-22-30-50-26-14-18-34-56(50)60/h11-44H,45-46H2,1-10H3. The number of hydrogen-bond donors (Lipinski definition) is 0. The maximum atomic E-state index is 16.6. The van der Waals surface area contributed by atoms with Crippen molar-refractivity contribution in [3.8, 4) is 34.5 Å². The Morgan fingerprint density at radius 3 is 0.848 bits per heavy atom. The summed E-state index contributed by atoms with van der Waals surface area (Å²) in [6, 6.07) is 65.9. The minimum Gasteiger partial charge on any atom is -0.408 e. The number of benzene rings is 10. The van der Waals surface area contributed by atoms with Crippen molar-refractivity contribution in [3.05, 3.63) is 217 Å². The summed E-state index contributed by atoms with van der Waals surface area (Å²) in [6.45, 7) is 21.8. The first-order chi connectivity index (χ1) is 37.6. The minimum atomic E-state index is -4.63. The number of hydrogen-bond acceptors (Lipinski definition) is 8. The Morgan fingerprint density at radius 2 is 0.570 bits per heavy atom. The first kappa shape index (κ1) is 55.2. The first-order valence-corrected chi connectivity index (χ1v) is 30.4. The minimum absolute atomic E-state index is 0.0495. The zero-order chi connectivity index (χ0) is 55.7. The molecule has 10 aromatic carbocycles. The van der Waals surface area contributed by atoms with Crippen LogP contribution in [0.15, 0.2) is 216 Å². The number of rotatable bonds is 18.